The molecule has 2 amide bonds. The van der Waals surface area contributed by atoms with Crippen LogP contribution in [0, 0.1) is 5.82 Å². The molecule has 0 aromatic heterocycles. The fourth-order valence-corrected chi connectivity index (χ4v) is 3.85. The molecule has 1 aromatic rings. The van der Waals surface area contributed by atoms with E-state index in [0.29, 0.717) is 26.2 Å². The largest absolute Gasteiger partial charge is 0.446 e. The number of hydrogen-bond donors (Lipinski definition) is 2. The molecule has 1 aliphatic heterocycles. The van der Waals surface area contributed by atoms with Crippen molar-refractivity contribution in [3.63, 3.8) is 0 Å². The molecular formula is C18H24FN3O5S. The van der Waals surface area contributed by atoms with E-state index >= 15 is 0 Å². The SMILES string of the molecule is O=C(OC1CCCCC1)N1CCN(C(=O)c2ccc(NS(=O)O)c(F)c2)CC1. The fourth-order valence-electron chi connectivity index (χ4n) is 3.50. The van der Waals surface area contributed by atoms with Crippen molar-refractivity contribution in [3.8, 4) is 0 Å². The lowest BCUT2D eigenvalue weighted by Crippen LogP contribution is -2.51. The maximum absolute atomic E-state index is 14.0. The number of piperazine rings is 1. The Morgan fingerprint density at radius 1 is 1.11 bits per heavy atom. The molecule has 1 unspecified atom stereocenters. The van der Waals surface area contributed by atoms with Crippen molar-refractivity contribution in [2.45, 2.75) is 38.2 Å². The Balaban J connectivity index is 1.52. The molecule has 8 nitrogen and oxygen atoms in total. The molecule has 1 saturated heterocycles. The first-order valence-corrected chi connectivity index (χ1v) is 10.5. The predicted octanol–water partition coefficient (Wildman–Crippen LogP) is 2.60. The minimum atomic E-state index is -2.39. The Morgan fingerprint density at radius 3 is 2.36 bits per heavy atom. The number of carbonyl (C=O) groups is 2. The minimum absolute atomic E-state index is 0.00994. The summed E-state index contributed by atoms with van der Waals surface area (Å²) in [5.74, 6) is -1.14. The van der Waals surface area contributed by atoms with Crippen LogP contribution in [0.2, 0.25) is 0 Å². The molecule has 1 heterocycles. The molecule has 0 spiro atoms. The first-order chi connectivity index (χ1) is 13.4. The highest BCUT2D eigenvalue weighted by molar-refractivity contribution is 7.80. The average molecular weight is 413 g/mol. The van der Waals surface area contributed by atoms with Crippen LogP contribution in [-0.2, 0) is 16.0 Å². The Bertz CT molecular complexity index is 749. The van der Waals surface area contributed by atoms with Gasteiger partial charge in [0, 0.05) is 31.7 Å². The Kier molecular flexibility index (Phi) is 6.84. The zero-order valence-corrected chi connectivity index (χ0v) is 16.3. The zero-order valence-electron chi connectivity index (χ0n) is 15.4. The van der Waals surface area contributed by atoms with Crippen molar-refractivity contribution >= 4 is 29.0 Å². The second-order valence-corrected chi connectivity index (χ2v) is 7.67. The molecule has 1 aromatic carbocycles. The standard InChI is InChI=1S/C18H24FN3O5S/c19-15-12-13(6-7-16(15)20-28(25)26)17(23)21-8-10-22(11-9-21)18(24)27-14-4-2-1-3-5-14/h6-7,12,14,20H,1-5,8-11H2,(H,25,26). The third-order valence-electron chi connectivity index (χ3n) is 5.06. The van der Waals surface area contributed by atoms with Gasteiger partial charge >= 0.3 is 6.09 Å². The van der Waals surface area contributed by atoms with Gasteiger partial charge in [-0.25, -0.2) is 13.4 Å². The van der Waals surface area contributed by atoms with Gasteiger partial charge in [0.15, 0.2) is 0 Å². The Hall–Kier alpha value is -2.20. The van der Waals surface area contributed by atoms with E-state index in [1.165, 1.54) is 18.6 Å². The molecule has 0 bridgehead atoms. The topological polar surface area (TPSA) is 99.2 Å². The molecule has 10 heteroatoms. The molecule has 2 aliphatic rings. The molecule has 28 heavy (non-hydrogen) atoms. The monoisotopic (exact) mass is 413 g/mol. The van der Waals surface area contributed by atoms with Gasteiger partial charge in [-0.1, -0.05) is 6.42 Å². The van der Waals surface area contributed by atoms with E-state index in [9.17, 15) is 18.2 Å². The number of hydrogen-bond acceptors (Lipinski definition) is 4. The third kappa shape index (κ3) is 5.20. The van der Waals surface area contributed by atoms with E-state index in [1.54, 1.807) is 9.80 Å². The molecule has 2 N–H and O–H groups in total. The highest BCUT2D eigenvalue weighted by Crippen LogP contribution is 2.22. The molecule has 1 aliphatic carbocycles. The second-order valence-electron chi connectivity index (χ2n) is 6.97. The number of benzene rings is 1. The summed E-state index contributed by atoms with van der Waals surface area (Å²) in [7, 11) is 0. The predicted molar refractivity (Wildman–Crippen MR) is 102 cm³/mol. The summed E-state index contributed by atoms with van der Waals surface area (Å²) in [6.07, 6.45) is 4.82. The van der Waals surface area contributed by atoms with Crippen LogP contribution >= 0.6 is 0 Å². The highest BCUT2D eigenvalue weighted by Gasteiger charge is 2.28. The van der Waals surface area contributed by atoms with Gasteiger partial charge < -0.3 is 14.5 Å². The normalized spacial score (nSPS) is 19.2. The van der Waals surface area contributed by atoms with E-state index in [4.69, 9.17) is 9.29 Å². The number of nitrogens with one attached hydrogen (secondary N) is 1. The van der Waals surface area contributed by atoms with Crippen LogP contribution in [0.3, 0.4) is 0 Å². The van der Waals surface area contributed by atoms with E-state index in [2.05, 4.69) is 0 Å². The Morgan fingerprint density at radius 2 is 1.75 bits per heavy atom. The fraction of sp³-hybridized carbons (Fsp3) is 0.556. The lowest BCUT2D eigenvalue weighted by molar-refractivity contribution is 0.0306. The summed E-state index contributed by atoms with van der Waals surface area (Å²) in [5, 5.41) is 0. The van der Waals surface area contributed by atoms with Crippen LogP contribution in [0.15, 0.2) is 18.2 Å². The van der Waals surface area contributed by atoms with Crippen molar-refractivity contribution < 1.29 is 27.5 Å². The van der Waals surface area contributed by atoms with E-state index in [0.717, 1.165) is 31.7 Å². The summed E-state index contributed by atoms with van der Waals surface area (Å²) in [4.78, 5) is 28.0. The lowest BCUT2D eigenvalue weighted by Gasteiger charge is -2.35. The van der Waals surface area contributed by atoms with E-state index in [-0.39, 0.29) is 29.4 Å². The summed E-state index contributed by atoms with van der Waals surface area (Å²) in [5.41, 5.74) is -0.0161. The van der Waals surface area contributed by atoms with Crippen molar-refractivity contribution in [1.82, 2.24) is 9.80 Å². The van der Waals surface area contributed by atoms with E-state index < -0.39 is 17.1 Å². The second kappa shape index (κ2) is 9.33. The van der Waals surface area contributed by atoms with Crippen LogP contribution < -0.4 is 4.72 Å². The number of carbonyl (C=O) groups excluding carboxylic acids is 2. The van der Waals surface area contributed by atoms with Gasteiger partial charge in [0.25, 0.3) is 17.2 Å². The third-order valence-corrected chi connectivity index (χ3v) is 5.45. The number of anilines is 1. The van der Waals surface area contributed by atoms with Crippen LogP contribution in [0.4, 0.5) is 14.9 Å². The highest BCUT2D eigenvalue weighted by atomic mass is 32.2. The zero-order chi connectivity index (χ0) is 20.1. The van der Waals surface area contributed by atoms with Crippen LogP contribution in [0.5, 0.6) is 0 Å². The van der Waals surface area contributed by atoms with Crippen molar-refractivity contribution in [1.29, 1.82) is 0 Å². The minimum Gasteiger partial charge on any atom is -0.446 e. The molecular weight excluding hydrogens is 389 g/mol. The maximum Gasteiger partial charge on any atom is 0.410 e. The summed E-state index contributed by atoms with van der Waals surface area (Å²) in [6, 6.07) is 3.67. The number of halogens is 1. The number of amides is 2. The van der Waals surface area contributed by atoms with Crippen molar-refractivity contribution in [2.24, 2.45) is 0 Å². The quantitative estimate of drug-likeness (QED) is 0.740. The maximum atomic E-state index is 14.0. The lowest BCUT2D eigenvalue weighted by atomic mass is 9.98. The first kappa shape index (κ1) is 20.5. The van der Waals surface area contributed by atoms with E-state index in [1.807, 2.05) is 4.72 Å². The summed E-state index contributed by atoms with van der Waals surface area (Å²) < 4.78 is 41.1. The average Bonchev–Trinajstić information content (AvgIpc) is 2.69. The molecule has 0 radical (unpaired) electrons. The van der Waals surface area contributed by atoms with Gasteiger partial charge in [-0.2, -0.15) is 0 Å². The summed E-state index contributed by atoms with van der Waals surface area (Å²) in [6.45, 7) is 1.40. The van der Waals surface area contributed by atoms with Gasteiger partial charge in [0.1, 0.15) is 11.9 Å². The molecule has 154 valence electrons. The van der Waals surface area contributed by atoms with Crippen LogP contribution in [0.1, 0.15) is 42.5 Å². The molecule has 3 rings (SSSR count). The number of ether oxygens (including phenoxy) is 1. The van der Waals surface area contributed by atoms with Gasteiger partial charge in [0.2, 0.25) is 0 Å². The van der Waals surface area contributed by atoms with Gasteiger partial charge in [-0.05, 0) is 43.9 Å². The summed E-state index contributed by atoms with van der Waals surface area (Å²) >= 11 is -2.39. The Labute approximate surface area is 165 Å². The smallest absolute Gasteiger partial charge is 0.410 e. The van der Waals surface area contributed by atoms with Gasteiger partial charge in [-0.3, -0.25) is 14.1 Å². The first-order valence-electron chi connectivity index (χ1n) is 9.36. The van der Waals surface area contributed by atoms with Crippen LogP contribution in [-0.4, -0.2) is 62.8 Å². The van der Waals surface area contributed by atoms with Crippen LogP contribution in [0.25, 0.3) is 0 Å². The number of rotatable bonds is 4. The molecule has 2 fully saturated rings. The van der Waals surface area contributed by atoms with Crippen molar-refractivity contribution in [3.05, 3.63) is 29.6 Å². The molecule has 1 saturated carbocycles. The van der Waals surface area contributed by atoms with Gasteiger partial charge in [0.05, 0.1) is 5.69 Å². The van der Waals surface area contributed by atoms with Gasteiger partial charge in [-0.15, -0.1) is 0 Å². The van der Waals surface area contributed by atoms with Crippen molar-refractivity contribution in [2.75, 3.05) is 30.9 Å². The molecule has 1 atom stereocenters. The number of nitrogens with zero attached hydrogens (tertiary/aromatic N) is 2.